The predicted molar refractivity (Wildman–Crippen MR) is 103 cm³/mol. The molecule has 1 N–H and O–H groups in total. The summed E-state index contributed by atoms with van der Waals surface area (Å²) in [6, 6.07) is 5.07. The van der Waals surface area contributed by atoms with E-state index >= 15 is 0 Å². The molecule has 0 spiro atoms. The Balaban J connectivity index is 2.01. The summed E-state index contributed by atoms with van der Waals surface area (Å²) in [6.45, 7) is 5.66. The van der Waals surface area contributed by atoms with E-state index in [2.05, 4.69) is 10.3 Å². The van der Waals surface area contributed by atoms with Crippen LogP contribution in [0.3, 0.4) is 0 Å². The first-order valence-electron chi connectivity index (χ1n) is 9.15. The van der Waals surface area contributed by atoms with E-state index in [1.54, 1.807) is 24.3 Å². The number of halogens is 3. The van der Waals surface area contributed by atoms with Crippen LogP contribution in [0.25, 0.3) is 0 Å². The Bertz CT molecular complexity index is 771. The van der Waals surface area contributed by atoms with Gasteiger partial charge < -0.3 is 10.2 Å². The smallest absolute Gasteiger partial charge is 0.357 e. The van der Waals surface area contributed by atoms with Crippen LogP contribution in [0.15, 0.2) is 34.2 Å². The molecule has 2 rings (SSSR count). The lowest BCUT2D eigenvalue weighted by atomic mass is 10.2. The molecule has 0 aliphatic carbocycles. The molecular weight excluding hydrogens is 393 g/mol. The van der Waals surface area contributed by atoms with Crippen molar-refractivity contribution in [3.8, 4) is 0 Å². The minimum Gasteiger partial charge on any atom is -0.357 e. The van der Waals surface area contributed by atoms with Gasteiger partial charge in [0, 0.05) is 39.0 Å². The summed E-state index contributed by atoms with van der Waals surface area (Å²) in [5, 5.41) is 3.17. The molecule has 1 aliphatic heterocycles. The molecule has 0 saturated carbocycles. The second kappa shape index (κ2) is 9.13. The topological polar surface area (TPSA) is 65.0 Å². The highest BCUT2D eigenvalue weighted by Crippen LogP contribution is 2.25. The molecule has 1 aromatic rings. The fourth-order valence-electron chi connectivity index (χ4n) is 2.96. The van der Waals surface area contributed by atoms with Gasteiger partial charge in [-0.2, -0.15) is 13.2 Å². The van der Waals surface area contributed by atoms with Crippen molar-refractivity contribution < 1.29 is 21.6 Å². The van der Waals surface area contributed by atoms with Crippen LogP contribution < -0.4 is 5.32 Å². The minimum atomic E-state index is -4.22. The monoisotopic (exact) mass is 420 g/mol. The number of piperazine rings is 1. The van der Waals surface area contributed by atoms with Gasteiger partial charge in [0.1, 0.15) is 6.04 Å². The zero-order valence-electron chi connectivity index (χ0n) is 16.3. The lowest BCUT2D eigenvalue weighted by Crippen LogP contribution is -2.56. The normalized spacial score (nSPS) is 18.2. The molecule has 0 radical (unpaired) electrons. The van der Waals surface area contributed by atoms with E-state index in [0.29, 0.717) is 45.2 Å². The van der Waals surface area contributed by atoms with Gasteiger partial charge in [-0.05, 0) is 31.5 Å². The maximum atomic E-state index is 12.9. The van der Waals surface area contributed by atoms with Crippen LogP contribution in [0.1, 0.15) is 19.4 Å². The van der Waals surface area contributed by atoms with Crippen molar-refractivity contribution >= 4 is 15.8 Å². The maximum absolute atomic E-state index is 12.9. The summed E-state index contributed by atoms with van der Waals surface area (Å²) < 4.78 is 61.7. The van der Waals surface area contributed by atoms with Crippen LogP contribution in [0.5, 0.6) is 0 Å². The Labute approximate surface area is 164 Å². The SMILES string of the molecule is CCNC(=NCc1ccc(S(C)(=O)=O)cc1)N1CCN(C(C)C(F)(F)F)CC1. The number of nitrogens with zero attached hydrogens (tertiary/aromatic N) is 3. The van der Waals surface area contributed by atoms with Gasteiger partial charge in [-0.15, -0.1) is 0 Å². The van der Waals surface area contributed by atoms with Gasteiger partial charge in [0.25, 0.3) is 0 Å². The Hall–Kier alpha value is -1.81. The highest BCUT2D eigenvalue weighted by atomic mass is 32.2. The Kier molecular flexibility index (Phi) is 7.33. The van der Waals surface area contributed by atoms with Crippen molar-refractivity contribution in [2.75, 3.05) is 39.0 Å². The summed E-state index contributed by atoms with van der Waals surface area (Å²) in [5.41, 5.74) is 0.854. The summed E-state index contributed by atoms with van der Waals surface area (Å²) in [6.07, 6.45) is -3.07. The molecule has 0 aromatic heterocycles. The fraction of sp³-hybridized carbons (Fsp3) is 0.611. The number of rotatable bonds is 5. The number of aliphatic imine (C=N–C) groups is 1. The summed E-state index contributed by atoms with van der Waals surface area (Å²) in [4.78, 5) is 8.20. The Morgan fingerprint density at radius 1 is 1.18 bits per heavy atom. The minimum absolute atomic E-state index is 0.252. The van der Waals surface area contributed by atoms with Crippen molar-refractivity contribution in [1.82, 2.24) is 15.1 Å². The molecule has 1 unspecified atom stereocenters. The molecule has 1 aromatic carbocycles. The molecule has 1 atom stereocenters. The van der Waals surface area contributed by atoms with Crippen LogP contribution in [0.4, 0.5) is 13.2 Å². The molecule has 6 nitrogen and oxygen atoms in total. The number of guanidine groups is 1. The predicted octanol–water partition coefficient (Wildman–Crippen LogP) is 2.12. The van der Waals surface area contributed by atoms with Crippen LogP contribution >= 0.6 is 0 Å². The molecule has 1 saturated heterocycles. The van der Waals surface area contributed by atoms with Crippen molar-refractivity contribution in [2.45, 2.75) is 37.5 Å². The number of nitrogens with one attached hydrogen (secondary N) is 1. The van der Waals surface area contributed by atoms with Gasteiger partial charge in [0.05, 0.1) is 11.4 Å². The number of alkyl halides is 3. The van der Waals surface area contributed by atoms with Crippen molar-refractivity contribution in [3.05, 3.63) is 29.8 Å². The summed E-state index contributed by atoms with van der Waals surface area (Å²) in [5.74, 6) is 0.647. The van der Waals surface area contributed by atoms with Gasteiger partial charge in [-0.1, -0.05) is 12.1 Å². The van der Waals surface area contributed by atoms with E-state index in [9.17, 15) is 21.6 Å². The Morgan fingerprint density at radius 3 is 2.21 bits per heavy atom. The standard InChI is InChI=1S/C18H27F3N4O2S/c1-4-22-17(23-13-15-5-7-16(8-6-15)28(3,26)27)25-11-9-24(10-12-25)14(2)18(19,20)21/h5-8,14H,4,9-13H2,1-3H3,(H,22,23). The van der Waals surface area contributed by atoms with E-state index in [-0.39, 0.29) is 4.90 Å². The molecular formula is C18H27F3N4O2S. The first-order valence-corrected chi connectivity index (χ1v) is 11.0. The first kappa shape index (κ1) is 22.5. The second-order valence-electron chi connectivity index (χ2n) is 6.83. The lowest BCUT2D eigenvalue weighted by molar-refractivity contribution is -0.181. The average molecular weight is 421 g/mol. The second-order valence-corrected chi connectivity index (χ2v) is 8.84. The van der Waals surface area contributed by atoms with Gasteiger partial charge >= 0.3 is 6.18 Å². The summed E-state index contributed by atoms with van der Waals surface area (Å²) >= 11 is 0. The zero-order chi connectivity index (χ0) is 20.9. The molecule has 0 bridgehead atoms. The molecule has 1 fully saturated rings. The molecule has 10 heteroatoms. The van der Waals surface area contributed by atoms with Gasteiger partial charge in [0.2, 0.25) is 0 Å². The Morgan fingerprint density at radius 2 is 1.75 bits per heavy atom. The average Bonchev–Trinajstić information content (AvgIpc) is 2.63. The first-order chi connectivity index (χ1) is 13.0. The highest BCUT2D eigenvalue weighted by molar-refractivity contribution is 7.90. The molecule has 28 heavy (non-hydrogen) atoms. The summed E-state index contributed by atoms with van der Waals surface area (Å²) in [7, 11) is -3.24. The van der Waals surface area contributed by atoms with E-state index in [1.165, 1.54) is 11.8 Å². The lowest BCUT2D eigenvalue weighted by Gasteiger charge is -2.39. The number of hydrogen-bond acceptors (Lipinski definition) is 4. The van der Waals surface area contributed by atoms with E-state index in [0.717, 1.165) is 11.8 Å². The third-order valence-electron chi connectivity index (χ3n) is 4.73. The zero-order valence-corrected chi connectivity index (χ0v) is 17.1. The van der Waals surface area contributed by atoms with Crippen LogP contribution in [-0.4, -0.2) is 75.4 Å². The third kappa shape index (κ3) is 6.10. The number of benzene rings is 1. The van der Waals surface area contributed by atoms with E-state index in [1.807, 2.05) is 11.8 Å². The van der Waals surface area contributed by atoms with Gasteiger partial charge in [0.15, 0.2) is 15.8 Å². The maximum Gasteiger partial charge on any atom is 0.403 e. The molecule has 1 aliphatic rings. The van der Waals surface area contributed by atoms with Crippen LogP contribution in [0, 0.1) is 0 Å². The van der Waals surface area contributed by atoms with Crippen molar-refractivity contribution in [2.24, 2.45) is 4.99 Å². The van der Waals surface area contributed by atoms with Crippen molar-refractivity contribution in [3.63, 3.8) is 0 Å². The largest absolute Gasteiger partial charge is 0.403 e. The van der Waals surface area contributed by atoms with E-state index < -0.39 is 22.1 Å². The molecule has 158 valence electrons. The highest BCUT2D eigenvalue weighted by Gasteiger charge is 2.41. The third-order valence-corrected chi connectivity index (χ3v) is 5.86. The molecule has 0 amide bonds. The van der Waals surface area contributed by atoms with Crippen molar-refractivity contribution in [1.29, 1.82) is 0 Å². The number of sulfone groups is 1. The van der Waals surface area contributed by atoms with Crippen LogP contribution in [-0.2, 0) is 16.4 Å². The van der Waals surface area contributed by atoms with Gasteiger partial charge in [-0.3, -0.25) is 4.90 Å². The quantitative estimate of drug-likeness (QED) is 0.584. The van der Waals surface area contributed by atoms with Gasteiger partial charge in [-0.25, -0.2) is 13.4 Å². The van der Waals surface area contributed by atoms with Crippen LogP contribution in [0.2, 0.25) is 0 Å². The van der Waals surface area contributed by atoms with E-state index in [4.69, 9.17) is 0 Å². The molecule has 1 heterocycles. The number of hydrogen-bond donors (Lipinski definition) is 1. The fourth-order valence-corrected chi connectivity index (χ4v) is 3.59.